The maximum absolute atomic E-state index is 11.6. The first kappa shape index (κ1) is 13.6. The Morgan fingerprint density at radius 3 is 3.00 bits per heavy atom. The Hall–Kier alpha value is -1.42. The van der Waals surface area contributed by atoms with Crippen molar-refractivity contribution in [1.82, 2.24) is 10.3 Å². The second kappa shape index (κ2) is 7.01. The fraction of sp³-hybridized carbons (Fsp3) is 0.538. The topological polar surface area (TPSA) is 68.0 Å². The van der Waals surface area contributed by atoms with E-state index in [1.807, 2.05) is 13.0 Å². The van der Waals surface area contributed by atoms with Crippen LogP contribution in [0.25, 0.3) is 0 Å². The maximum atomic E-state index is 11.6. The Bertz CT molecular complexity index is 365. The van der Waals surface area contributed by atoms with Gasteiger partial charge in [-0.2, -0.15) is 0 Å². The van der Waals surface area contributed by atoms with Crippen LogP contribution in [0.5, 0.6) is 0 Å². The average molecular weight is 235 g/mol. The van der Waals surface area contributed by atoms with Crippen molar-refractivity contribution in [1.29, 1.82) is 0 Å². The van der Waals surface area contributed by atoms with E-state index < -0.39 is 0 Å². The summed E-state index contributed by atoms with van der Waals surface area (Å²) in [5.74, 6) is 0.0159. The lowest BCUT2D eigenvalue weighted by atomic mass is 10.1. The van der Waals surface area contributed by atoms with E-state index in [0.717, 1.165) is 24.0 Å². The number of carbonyl (C=O) groups is 1. The molecule has 1 aromatic rings. The summed E-state index contributed by atoms with van der Waals surface area (Å²) in [6, 6.07) is 1.89. The molecule has 1 aromatic heterocycles. The maximum Gasteiger partial charge on any atom is 0.221 e. The van der Waals surface area contributed by atoms with Crippen LogP contribution in [0.4, 0.5) is 0 Å². The number of carbonyl (C=O) groups excluding carboxylic acids is 1. The summed E-state index contributed by atoms with van der Waals surface area (Å²) in [5, 5.41) is 2.88. The third-order valence-corrected chi connectivity index (χ3v) is 2.72. The van der Waals surface area contributed by atoms with Crippen molar-refractivity contribution >= 4 is 5.91 Å². The van der Waals surface area contributed by atoms with Crippen molar-refractivity contribution in [2.75, 3.05) is 0 Å². The third-order valence-electron chi connectivity index (χ3n) is 2.72. The highest BCUT2D eigenvalue weighted by Crippen LogP contribution is 2.04. The van der Waals surface area contributed by atoms with Crippen LogP contribution in [0.15, 0.2) is 18.5 Å². The molecule has 0 aromatic carbocycles. The Labute approximate surface area is 103 Å². The molecule has 0 saturated heterocycles. The Balaban J connectivity index is 2.36. The number of aromatic nitrogens is 1. The molecule has 0 aliphatic rings. The first-order valence-corrected chi connectivity index (χ1v) is 6.05. The number of hydrogen-bond donors (Lipinski definition) is 2. The summed E-state index contributed by atoms with van der Waals surface area (Å²) < 4.78 is 0. The van der Waals surface area contributed by atoms with E-state index in [9.17, 15) is 4.79 Å². The molecule has 0 spiro atoms. The second-order valence-corrected chi connectivity index (χ2v) is 4.33. The smallest absolute Gasteiger partial charge is 0.221 e. The second-order valence-electron chi connectivity index (χ2n) is 4.33. The fourth-order valence-corrected chi connectivity index (χ4v) is 1.68. The molecule has 1 unspecified atom stereocenters. The van der Waals surface area contributed by atoms with E-state index in [0.29, 0.717) is 13.0 Å². The molecule has 17 heavy (non-hydrogen) atoms. The molecule has 0 saturated carbocycles. The Morgan fingerprint density at radius 2 is 2.35 bits per heavy atom. The lowest BCUT2D eigenvalue weighted by Crippen LogP contribution is -2.31. The van der Waals surface area contributed by atoms with Gasteiger partial charge in [-0.25, -0.2) is 0 Å². The molecule has 0 bridgehead atoms. The van der Waals surface area contributed by atoms with Gasteiger partial charge in [-0.1, -0.05) is 13.3 Å². The van der Waals surface area contributed by atoms with Crippen LogP contribution in [0, 0.1) is 6.92 Å². The predicted molar refractivity (Wildman–Crippen MR) is 68.3 cm³/mol. The number of rotatable bonds is 6. The number of nitrogens with one attached hydrogen (secondary N) is 1. The van der Waals surface area contributed by atoms with Crippen LogP contribution in [0.1, 0.15) is 37.3 Å². The highest BCUT2D eigenvalue weighted by atomic mass is 16.1. The van der Waals surface area contributed by atoms with Gasteiger partial charge in [-0.3, -0.25) is 9.78 Å². The zero-order valence-corrected chi connectivity index (χ0v) is 10.6. The summed E-state index contributed by atoms with van der Waals surface area (Å²) >= 11 is 0. The van der Waals surface area contributed by atoms with E-state index >= 15 is 0 Å². The molecule has 1 heterocycles. The lowest BCUT2D eigenvalue weighted by molar-refractivity contribution is -0.121. The molecule has 0 aliphatic carbocycles. The number of hydrogen-bond acceptors (Lipinski definition) is 3. The van der Waals surface area contributed by atoms with Gasteiger partial charge < -0.3 is 11.1 Å². The molecular formula is C13H21N3O. The van der Waals surface area contributed by atoms with Crippen LogP contribution < -0.4 is 11.1 Å². The van der Waals surface area contributed by atoms with Crippen molar-refractivity contribution < 1.29 is 4.79 Å². The van der Waals surface area contributed by atoms with Crippen LogP contribution in [-0.2, 0) is 11.3 Å². The van der Waals surface area contributed by atoms with Gasteiger partial charge in [0.1, 0.15) is 0 Å². The monoisotopic (exact) mass is 235 g/mol. The molecule has 1 rings (SSSR count). The molecule has 4 heteroatoms. The first-order valence-electron chi connectivity index (χ1n) is 6.05. The van der Waals surface area contributed by atoms with E-state index in [4.69, 9.17) is 5.73 Å². The number of amides is 1. The van der Waals surface area contributed by atoms with E-state index in [1.165, 1.54) is 0 Å². The van der Waals surface area contributed by atoms with Gasteiger partial charge in [0.25, 0.3) is 0 Å². The molecular weight excluding hydrogens is 214 g/mol. The van der Waals surface area contributed by atoms with Gasteiger partial charge in [0.05, 0.1) is 0 Å². The molecule has 1 atom stereocenters. The van der Waals surface area contributed by atoms with Gasteiger partial charge in [0.2, 0.25) is 5.91 Å². The summed E-state index contributed by atoms with van der Waals surface area (Å²) in [5.41, 5.74) is 8.00. The van der Waals surface area contributed by atoms with Gasteiger partial charge in [0, 0.05) is 31.4 Å². The summed E-state index contributed by atoms with van der Waals surface area (Å²) in [6.07, 6.45) is 5.83. The molecule has 0 radical (unpaired) electrons. The van der Waals surface area contributed by atoms with Crippen LogP contribution in [-0.4, -0.2) is 16.9 Å². The largest absolute Gasteiger partial charge is 0.352 e. The Kier molecular flexibility index (Phi) is 5.63. The number of nitrogens with zero attached hydrogens (tertiary/aromatic N) is 1. The van der Waals surface area contributed by atoms with Gasteiger partial charge in [-0.15, -0.1) is 0 Å². The fourth-order valence-electron chi connectivity index (χ4n) is 1.68. The van der Waals surface area contributed by atoms with E-state index in [1.54, 1.807) is 12.4 Å². The minimum absolute atomic E-state index is 0.0159. The zero-order valence-electron chi connectivity index (χ0n) is 10.6. The van der Waals surface area contributed by atoms with Gasteiger partial charge >= 0.3 is 0 Å². The standard InChI is InChI=1S/C13H21N3O/c1-3-4-12(14)7-13(17)16-9-11-5-6-15-8-10(11)2/h5-6,8,12H,3-4,7,9,14H2,1-2H3,(H,16,17). The van der Waals surface area contributed by atoms with Crippen molar-refractivity contribution in [2.24, 2.45) is 5.73 Å². The van der Waals surface area contributed by atoms with Crippen molar-refractivity contribution in [3.8, 4) is 0 Å². The van der Waals surface area contributed by atoms with E-state index in [2.05, 4.69) is 17.2 Å². The van der Waals surface area contributed by atoms with Crippen LogP contribution in [0.2, 0.25) is 0 Å². The predicted octanol–water partition coefficient (Wildman–Crippen LogP) is 1.52. The lowest BCUT2D eigenvalue weighted by Gasteiger charge is -2.11. The number of aryl methyl sites for hydroxylation is 1. The third kappa shape index (κ3) is 4.95. The normalized spacial score (nSPS) is 12.2. The molecule has 3 N–H and O–H groups in total. The van der Waals surface area contributed by atoms with Crippen LogP contribution in [0.3, 0.4) is 0 Å². The summed E-state index contributed by atoms with van der Waals surface area (Å²) in [7, 11) is 0. The molecule has 4 nitrogen and oxygen atoms in total. The average Bonchev–Trinajstić information content (AvgIpc) is 2.28. The number of nitrogens with two attached hydrogens (primary N) is 1. The minimum atomic E-state index is -0.0291. The highest BCUT2D eigenvalue weighted by molar-refractivity contribution is 5.76. The van der Waals surface area contributed by atoms with Crippen molar-refractivity contribution in [2.45, 2.75) is 45.7 Å². The van der Waals surface area contributed by atoms with Gasteiger partial charge in [-0.05, 0) is 30.5 Å². The summed E-state index contributed by atoms with van der Waals surface area (Å²) in [6.45, 7) is 4.60. The van der Waals surface area contributed by atoms with Crippen molar-refractivity contribution in [3.05, 3.63) is 29.6 Å². The van der Waals surface area contributed by atoms with Crippen LogP contribution >= 0.6 is 0 Å². The molecule has 0 aliphatic heterocycles. The van der Waals surface area contributed by atoms with Crippen molar-refractivity contribution in [3.63, 3.8) is 0 Å². The number of pyridine rings is 1. The summed E-state index contributed by atoms with van der Waals surface area (Å²) in [4.78, 5) is 15.6. The molecule has 1 amide bonds. The molecule has 0 fully saturated rings. The minimum Gasteiger partial charge on any atom is -0.352 e. The highest BCUT2D eigenvalue weighted by Gasteiger charge is 2.08. The van der Waals surface area contributed by atoms with Gasteiger partial charge in [0.15, 0.2) is 0 Å². The Morgan fingerprint density at radius 1 is 1.59 bits per heavy atom. The van der Waals surface area contributed by atoms with E-state index in [-0.39, 0.29) is 11.9 Å². The molecule has 94 valence electrons. The zero-order chi connectivity index (χ0) is 12.7. The SMILES string of the molecule is CCCC(N)CC(=O)NCc1ccncc1C. The first-order chi connectivity index (χ1) is 8.13. The quantitative estimate of drug-likeness (QED) is 0.785.